The van der Waals surface area contributed by atoms with E-state index in [1.165, 1.54) is 0 Å². The fraction of sp³-hybridized carbons (Fsp3) is 0.400. The second kappa shape index (κ2) is 2.81. The van der Waals surface area contributed by atoms with Gasteiger partial charge in [0.15, 0.2) is 9.84 Å². The molecule has 0 fully saturated rings. The van der Waals surface area contributed by atoms with Crippen LogP contribution >= 0.6 is 0 Å². The Bertz CT molecular complexity index is 491. The topological polar surface area (TPSA) is 60.2 Å². The van der Waals surface area contributed by atoms with Gasteiger partial charge in [0, 0.05) is 6.04 Å². The number of hydrogen-bond donors (Lipinski definition) is 1. The van der Waals surface area contributed by atoms with Gasteiger partial charge in [-0.15, -0.1) is 0 Å². The van der Waals surface area contributed by atoms with Gasteiger partial charge in [0.25, 0.3) is 0 Å². The zero-order valence-electron chi connectivity index (χ0n) is 8.24. The maximum atomic E-state index is 11.6. The maximum Gasteiger partial charge on any atom is 0.180 e. The summed E-state index contributed by atoms with van der Waals surface area (Å²) in [5, 5.41) is 0. The lowest BCUT2D eigenvalue weighted by Gasteiger charge is -2.06. The second-order valence-electron chi connectivity index (χ2n) is 3.86. The first-order valence-corrected chi connectivity index (χ1v) is 6.16. The van der Waals surface area contributed by atoms with Gasteiger partial charge in [-0.1, -0.05) is 6.07 Å². The van der Waals surface area contributed by atoms with Crippen molar-refractivity contribution in [3.05, 3.63) is 28.8 Å². The summed E-state index contributed by atoms with van der Waals surface area (Å²) in [6, 6.07) is 3.27. The Hall–Kier alpha value is -0.870. The van der Waals surface area contributed by atoms with Gasteiger partial charge in [0.05, 0.1) is 10.6 Å². The van der Waals surface area contributed by atoms with E-state index < -0.39 is 9.84 Å². The van der Waals surface area contributed by atoms with Crippen molar-refractivity contribution in [1.29, 1.82) is 0 Å². The van der Waals surface area contributed by atoms with Gasteiger partial charge < -0.3 is 5.73 Å². The van der Waals surface area contributed by atoms with Crippen LogP contribution < -0.4 is 5.73 Å². The predicted octanol–water partition coefficient (Wildman–Crippen LogP) is 1.09. The summed E-state index contributed by atoms with van der Waals surface area (Å²) in [5.74, 6) is 0.0469. The number of hydrogen-bond acceptors (Lipinski definition) is 3. The largest absolute Gasteiger partial charge is 0.323 e. The molecule has 1 aliphatic rings. The van der Waals surface area contributed by atoms with Gasteiger partial charge in [-0.05, 0) is 36.6 Å². The average molecular weight is 211 g/mol. The summed E-state index contributed by atoms with van der Waals surface area (Å²) in [5.41, 5.74) is 8.63. The molecule has 14 heavy (non-hydrogen) atoms. The number of benzene rings is 1. The van der Waals surface area contributed by atoms with E-state index in [4.69, 9.17) is 5.73 Å². The van der Waals surface area contributed by atoms with E-state index in [-0.39, 0.29) is 11.8 Å². The Morgan fingerprint density at radius 2 is 1.86 bits per heavy atom. The Balaban J connectivity index is 2.77. The fourth-order valence-corrected chi connectivity index (χ4v) is 3.54. The summed E-state index contributed by atoms with van der Waals surface area (Å²) in [4.78, 5) is 0.424. The molecule has 0 bridgehead atoms. The average Bonchev–Trinajstić information content (AvgIpc) is 2.26. The lowest BCUT2D eigenvalue weighted by molar-refractivity contribution is 0.598. The van der Waals surface area contributed by atoms with Gasteiger partial charge in [-0.3, -0.25) is 0 Å². The minimum atomic E-state index is -3.12. The first-order chi connectivity index (χ1) is 6.42. The van der Waals surface area contributed by atoms with E-state index in [1.807, 2.05) is 19.9 Å². The minimum Gasteiger partial charge on any atom is -0.323 e. The molecular formula is C10H13NO2S. The van der Waals surface area contributed by atoms with Crippen molar-refractivity contribution in [2.75, 3.05) is 5.75 Å². The molecular weight excluding hydrogens is 198 g/mol. The van der Waals surface area contributed by atoms with Crippen LogP contribution in [-0.4, -0.2) is 14.2 Å². The number of aryl methyl sites for hydroxylation is 2. The van der Waals surface area contributed by atoms with Gasteiger partial charge in [-0.2, -0.15) is 0 Å². The van der Waals surface area contributed by atoms with Crippen LogP contribution in [0.4, 0.5) is 0 Å². The van der Waals surface area contributed by atoms with Gasteiger partial charge in [-0.25, -0.2) is 8.42 Å². The highest BCUT2D eigenvalue weighted by molar-refractivity contribution is 7.91. The Morgan fingerprint density at radius 1 is 1.29 bits per heavy atom. The molecule has 0 spiro atoms. The highest BCUT2D eigenvalue weighted by Crippen LogP contribution is 2.33. The molecule has 1 heterocycles. The summed E-state index contributed by atoms with van der Waals surface area (Å²) >= 11 is 0. The molecule has 0 aromatic heterocycles. The van der Waals surface area contributed by atoms with Crippen LogP contribution in [0.25, 0.3) is 0 Å². The fourth-order valence-electron chi connectivity index (χ4n) is 1.79. The van der Waals surface area contributed by atoms with Crippen molar-refractivity contribution in [3.63, 3.8) is 0 Å². The van der Waals surface area contributed by atoms with Crippen LogP contribution in [0, 0.1) is 13.8 Å². The third kappa shape index (κ3) is 1.26. The van der Waals surface area contributed by atoms with Gasteiger partial charge in [0.2, 0.25) is 0 Å². The number of fused-ring (bicyclic) bond motifs is 1. The van der Waals surface area contributed by atoms with Gasteiger partial charge >= 0.3 is 0 Å². The monoisotopic (exact) mass is 211 g/mol. The maximum absolute atomic E-state index is 11.6. The normalized spacial score (nSPS) is 23.5. The molecule has 0 amide bonds. The molecule has 2 N–H and O–H groups in total. The van der Waals surface area contributed by atoms with Crippen LogP contribution in [0.5, 0.6) is 0 Å². The minimum absolute atomic E-state index is 0.0469. The third-order valence-electron chi connectivity index (χ3n) is 2.76. The Kier molecular flexibility index (Phi) is 1.94. The van der Waals surface area contributed by atoms with Crippen molar-refractivity contribution >= 4 is 9.84 Å². The van der Waals surface area contributed by atoms with E-state index in [0.717, 1.165) is 16.7 Å². The summed E-state index contributed by atoms with van der Waals surface area (Å²) in [6.45, 7) is 3.88. The van der Waals surface area contributed by atoms with Crippen LogP contribution in [-0.2, 0) is 9.84 Å². The van der Waals surface area contributed by atoms with Gasteiger partial charge in [0.1, 0.15) is 0 Å². The Morgan fingerprint density at radius 3 is 2.50 bits per heavy atom. The first-order valence-electron chi connectivity index (χ1n) is 4.51. The number of rotatable bonds is 0. The van der Waals surface area contributed by atoms with Crippen LogP contribution in [0.3, 0.4) is 0 Å². The number of sulfone groups is 1. The van der Waals surface area contributed by atoms with Crippen molar-refractivity contribution in [3.8, 4) is 0 Å². The quantitative estimate of drug-likeness (QED) is 0.698. The highest BCUT2D eigenvalue weighted by Gasteiger charge is 2.32. The van der Waals surface area contributed by atoms with E-state index in [9.17, 15) is 8.42 Å². The SMILES string of the molecule is Cc1cc2c(cc1C)S(=O)(=O)CC2N. The van der Waals surface area contributed by atoms with E-state index >= 15 is 0 Å². The molecule has 2 rings (SSSR count). The van der Waals surface area contributed by atoms with E-state index in [0.29, 0.717) is 4.90 Å². The number of nitrogens with two attached hydrogens (primary N) is 1. The second-order valence-corrected chi connectivity index (χ2v) is 5.86. The van der Waals surface area contributed by atoms with Crippen molar-refractivity contribution < 1.29 is 8.42 Å². The lowest BCUT2D eigenvalue weighted by Crippen LogP contribution is -2.12. The van der Waals surface area contributed by atoms with Crippen LogP contribution in [0.2, 0.25) is 0 Å². The first kappa shape index (κ1) is 9.68. The zero-order chi connectivity index (χ0) is 10.5. The lowest BCUT2D eigenvalue weighted by atomic mass is 10.0. The molecule has 0 saturated carbocycles. The molecule has 1 atom stereocenters. The zero-order valence-corrected chi connectivity index (χ0v) is 9.06. The Labute approximate surface area is 83.9 Å². The van der Waals surface area contributed by atoms with Crippen molar-refractivity contribution in [2.24, 2.45) is 5.73 Å². The molecule has 3 nitrogen and oxygen atoms in total. The smallest absolute Gasteiger partial charge is 0.180 e. The van der Waals surface area contributed by atoms with Crippen LogP contribution in [0.1, 0.15) is 22.7 Å². The summed E-state index contributed by atoms with van der Waals surface area (Å²) < 4.78 is 23.3. The molecule has 76 valence electrons. The molecule has 0 radical (unpaired) electrons. The van der Waals surface area contributed by atoms with Crippen molar-refractivity contribution in [1.82, 2.24) is 0 Å². The van der Waals surface area contributed by atoms with E-state index in [1.54, 1.807) is 6.07 Å². The molecule has 0 aliphatic carbocycles. The summed E-state index contributed by atoms with van der Waals surface area (Å²) in [6.07, 6.45) is 0. The molecule has 4 heteroatoms. The highest BCUT2D eigenvalue weighted by atomic mass is 32.2. The standard InChI is InChI=1S/C10H13NO2S/c1-6-3-8-9(11)5-14(12,13)10(8)4-7(6)2/h3-4,9H,5,11H2,1-2H3. The molecule has 1 aliphatic heterocycles. The molecule has 1 aromatic rings. The predicted molar refractivity (Wildman–Crippen MR) is 54.9 cm³/mol. The molecule has 1 aromatic carbocycles. The van der Waals surface area contributed by atoms with E-state index in [2.05, 4.69) is 0 Å². The molecule has 1 unspecified atom stereocenters. The summed E-state index contributed by atoms with van der Waals surface area (Å²) in [7, 11) is -3.12. The molecule has 0 saturated heterocycles. The third-order valence-corrected chi connectivity index (χ3v) is 4.58. The van der Waals surface area contributed by atoms with Crippen LogP contribution in [0.15, 0.2) is 17.0 Å². The van der Waals surface area contributed by atoms with Crippen molar-refractivity contribution in [2.45, 2.75) is 24.8 Å².